The quantitative estimate of drug-likeness (QED) is 0.554. The molecule has 0 fully saturated rings. The Hall–Kier alpha value is -1.50. The van der Waals surface area contributed by atoms with Crippen molar-refractivity contribution >= 4 is 38.4 Å². The first-order valence-corrected chi connectivity index (χ1v) is 7.85. The van der Waals surface area contributed by atoms with Gasteiger partial charge in [0.25, 0.3) is 0 Å². The Bertz CT molecular complexity index is 664. The highest BCUT2D eigenvalue weighted by atomic mass is 32.2. The zero-order valence-electron chi connectivity index (χ0n) is 10.3. The van der Waals surface area contributed by atoms with Crippen molar-refractivity contribution in [1.82, 2.24) is 10.4 Å². The molecule has 0 aliphatic carbocycles. The van der Waals surface area contributed by atoms with Gasteiger partial charge in [0.15, 0.2) is 5.13 Å². The van der Waals surface area contributed by atoms with Gasteiger partial charge in [0.1, 0.15) is 5.76 Å². The summed E-state index contributed by atoms with van der Waals surface area (Å²) >= 11 is 3.37. The highest BCUT2D eigenvalue weighted by Gasteiger charge is 2.04. The van der Waals surface area contributed by atoms with Crippen LogP contribution in [0.3, 0.4) is 0 Å². The maximum absolute atomic E-state index is 5.24. The molecular weight excluding hydrogens is 278 g/mol. The molecule has 0 amide bonds. The van der Waals surface area contributed by atoms with Crippen molar-refractivity contribution in [3.8, 4) is 0 Å². The van der Waals surface area contributed by atoms with Crippen molar-refractivity contribution in [2.24, 2.45) is 0 Å². The third-order valence-electron chi connectivity index (χ3n) is 2.63. The Morgan fingerprint density at radius 3 is 3.11 bits per heavy atom. The molecule has 0 saturated carbocycles. The summed E-state index contributed by atoms with van der Waals surface area (Å²) in [6, 6.07) is 10.1. The van der Waals surface area contributed by atoms with Crippen molar-refractivity contribution in [3.05, 3.63) is 42.4 Å². The molecule has 2 aromatic heterocycles. The fraction of sp³-hybridized carbons (Fsp3) is 0.154. The number of furan rings is 1. The van der Waals surface area contributed by atoms with Gasteiger partial charge in [-0.2, -0.15) is 0 Å². The molecule has 19 heavy (non-hydrogen) atoms. The summed E-state index contributed by atoms with van der Waals surface area (Å²) in [5.74, 6) is 0.887. The van der Waals surface area contributed by atoms with E-state index in [1.165, 1.54) is 9.60 Å². The van der Waals surface area contributed by atoms with Gasteiger partial charge in [-0.3, -0.25) is 5.43 Å². The summed E-state index contributed by atoms with van der Waals surface area (Å²) in [7, 11) is 0. The molecule has 3 aromatic rings. The second-order valence-corrected chi connectivity index (χ2v) is 5.82. The van der Waals surface area contributed by atoms with Crippen LogP contribution in [-0.4, -0.2) is 11.2 Å². The van der Waals surface area contributed by atoms with Gasteiger partial charge in [0.2, 0.25) is 0 Å². The number of nitrogens with one attached hydrogen (secondary N) is 2. The molecule has 3 rings (SSSR count). The van der Waals surface area contributed by atoms with Crippen molar-refractivity contribution in [1.29, 1.82) is 0 Å². The van der Waals surface area contributed by atoms with Crippen molar-refractivity contribution in [2.45, 2.75) is 11.4 Å². The molecule has 0 aliphatic heterocycles. The highest BCUT2D eigenvalue weighted by Crippen LogP contribution is 2.28. The van der Waals surface area contributed by atoms with E-state index in [1.54, 1.807) is 29.4 Å². The van der Waals surface area contributed by atoms with Crippen LogP contribution in [0, 0.1) is 0 Å². The molecule has 1 aromatic carbocycles. The Morgan fingerprint density at radius 1 is 1.37 bits per heavy atom. The molecule has 0 unspecified atom stereocenters. The summed E-state index contributed by atoms with van der Waals surface area (Å²) in [6.07, 6.45) is 3.74. The van der Waals surface area contributed by atoms with Gasteiger partial charge < -0.3 is 4.42 Å². The van der Waals surface area contributed by atoms with Crippen molar-refractivity contribution < 1.29 is 4.42 Å². The number of hydrogen-bond acceptors (Lipinski definition) is 6. The average Bonchev–Trinajstić information content (AvgIpc) is 3.06. The molecule has 98 valence electrons. The maximum atomic E-state index is 5.24. The van der Waals surface area contributed by atoms with Gasteiger partial charge in [0.05, 0.1) is 23.0 Å². The van der Waals surface area contributed by atoms with E-state index in [0.717, 1.165) is 16.4 Å². The summed E-state index contributed by atoms with van der Waals surface area (Å²) in [5, 5.41) is 0.861. The largest absolute Gasteiger partial charge is 0.468 e. The summed E-state index contributed by atoms with van der Waals surface area (Å²) in [4.78, 5) is 5.77. The van der Waals surface area contributed by atoms with E-state index < -0.39 is 0 Å². The Morgan fingerprint density at radius 2 is 2.32 bits per heavy atom. The SMILES string of the molecule is CSc1ccc2nc(NNCc3ccco3)sc2c1. The minimum atomic E-state index is 0.624. The minimum Gasteiger partial charge on any atom is -0.468 e. The monoisotopic (exact) mass is 291 g/mol. The van der Waals surface area contributed by atoms with Crippen LogP contribution in [0.1, 0.15) is 5.76 Å². The molecule has 2 N–H and O–H groups in total. The normalized spacial score (nSPS) is 11.0. The molecule has 4 nitrogen and oxygen atoms in total. The zero-order valence-corrected chi connectivity index (χ0v) is 12.0. The topological polar surface area (TPSA) is 50.1 Å². The van der Waals surface area contributed by atoms with Crippen LogP contribution in [-0.2, 0) is 6.54 Å². The van der Waals surface area contributed by atoms with E-state index >= 15 is 0 Å². The van der Waals surface area contributed by atoms with Gasteiger partial charge in [-0.25, -0.2) is 10.4 Å². The number of rotatable bonds is 5. The third kappa shape index (κ3) is 2.91. The van der Waals surface area contributed by atoms with Crippen LogP contribution in [0.2, 0.25) is 0 Å². The molecule has 2 heterocycles. The fourth-order valence-electron chi connectivity index (χ4n) is 1.71. The Labute approximate surface area is 119 Å². The first kappa shape index (κ1) is 12.5. The molecular formula is C13H13N3OS2. The average molecular weight is 291 g/mol. The van der Waals surface area contributed by atoms with E-state index in [4.69, 9.17) is 4.42 Å². The number of aromatic nitrogens is 1. The van der Waals surface area contributed by atoms with Crippen LogP contribution in [0.15, 0.2) is 45.9 Å². The smallest absolute Gasteiger partial charge is 0.198 e. The predicted molar refractivity (Wildman–Crippen MR) is 80.6 cm³/mol. The summed E-state index contributed by atoms with van der Waals surface area (Å²) in [6.45, 7) is 0.624. The van der Waals surface area contributed by atoms with Crippen LogP contribution in [0.5, 0.6) is 0 Å². The van der Waals surface area contributed by atoms with Gasteiger partial charge in [-0.15, -0.1) is 11.8 Å². The van der Waals surface area contributed by atoms with Crippen molar-refractivity contribution in [3.63, 3.8) is 0 Å². The van der Waals surface area contributed by atoms with Gasteiger partial charge >= 0.3 is 0 Å². The van der Waals surface area contributed by atoms with E-state index in [1.807, 2.05) is 12.1 Å². The molecule has 0 saturated heterocycles. The number of thiazole rings is 1. The zero-order chi connectivity index (χ0) is 13.1. The molecule has 0 radical (unpaired) electrons. The molecule has 6 heteroatoms. The third-order valence-corrected chi connectivity index (χ3v) is 4.29. The van der Waals surface area contributed by atoms with E-state index in [2.05, 4.69) is 40.3 Å². The Balaban J connectivity index is 1.67. The second-order valence-electron chi connectivity index (χ2n) is 3.91. The number of benzene rings is 1. The van der Waals surface area contributed by atoms with Gasteiger partial charge in [-0.05, 0) is 36.6 Å². The van der Waals surface area contributed by atoms with Crippen LogP contribution < -0.4 is 10.9 Å². The fourth-order valence-corrected chi connectivity index (χ4v) is 3.10. The summed E-state index contributed by atoms with van der Waals surface area (Å²) < 4.78 is 6.43. The maximum Gasteiger partial charge on any atom is 0.198 e. The van der Waals surface area contributed by atoms with Gasteiger partial charge in [0, 0.05) is 4.90 Å². The van der Waals surface area contributed by atoms with Crippen molar-refractivity contribution in [2.75, 3.05) is 11.7 Å². The lowest BCUT2D eigenvalue weighted by Crippen LogP contribution is -2.20. The first-order valence-electron chi connectivity index (χ1n) is 5.81. The van der Waals surface area contributed by atoms with Crippen LogP contribution in [0.25, 0.3) is 10.2 Å². The number of nitrogens with zero attached hydrogens (tertiary/aromatic N) is 1. The molecule has 0 atom stereocenters. The lowest BCUT2D eigenvalue weighted by Gasteiger charge is -2.01. The summed E-state index contributed by atoms with van der Waals surface area (Å²) in [5.41, 5.74) is 7.21. The van der Waals surface area contributed by atoms with Crippen LogP contribution >= 0.6 is 23.1 Å². The molecule has 0 aliphatic rings. The minimum absolute atomic E-state index is 0.624. The van der Waals surface area contributed by atoms with E-state index in [0.29, 0.717) is 6.54 Å². The van der Waals surface area contributed by atoms with E-state index in [9.17, 15) is 0 Å². The molecule has 0 bridgehead atoms. The molecule has 0 spiro atoms. The van der Waals surface area contributed by atoms with E-state index in [-0.39, 0.29) is 0 Å². The number of hydrogen-bond donors (Lipinski definition) is 2. The number of hydrazine groups is 1. The second kappa shape index (κ2) is 5.64. The number of anilines is 1. The predicted octanol–water partition coefficient (Wildman–Crippen LogP) is 3.73. The first-order chi connectivity index (χ1) is 9.35. The highest BCUT2D eigenvalue weighted by molar-refractivity contribution is 7.98. The Kier molecular flexibility index (Phi) is 3.72. The number of fused-ring (bicyclic) bond motifs is 1. The van der Waals surface area contributed by atoms with Gasteiger partial charge in [-0.1, -0.05) is 11.3 Å². The standard InChI is InChI=1S/C13H13N3OS2/c1-18-10-4-5-11-12(7-10)19-13(15-11)16-14-8-9-3-2-6-17-9/h2-7,14H,8H2,1H3,(H,15,16). The van der Waals surface area contributed by atoms with Crippen LogP contribution in [0.4, 0.5) is 5.13 Å². The number of thioether (sulfide) groups is 1. The lowest BCUT2D eigenvalue weighted by atomic mass is 10.3. The lowest BCUT2D eigenvalue weighted by molar-refractivity contribution is 0.494.